The van der Waals surface area contributed by atoms with Gasteiger partial charge in [0.2, 0.25) is 16.0 Å². The van der Waals surface area contributed by atoms with Gasteiger partial charge in [0.15, 0.2) is 5.96 Å². The fraction of sp³-hybridized carbons (Fsp3) is 0.643. The monoisotopic (exact) mass is 483 g/mol. The van der Waals surface area contributed by atoms with Crippen LogP contribution in [0.25, 0.3) is 0 Å². The second kappa shape index (κ2) is 10.7. The molecule has 0 unspecified atom stereocenters. The zero-order valence-corrected chi connectivity index (χ0v) is 17.7. The molecule has 2 heterocycles. The van der Waals surface area contributed by atoms with Gasteiger partial charge in [0, 0.05) is 58.7 Å². The Morgan fingerprint density at radius 2 is 1.84 bits per heavy atom. The molecule has 1 saturated heterocycles. The Hall–Kier alpha value is -1.21. The summed E-state index contributed by atoms with van der Waals surface area (Å²) in [5, 5.41) is 3.27. The van der Waals surface area contributed by atoms with Crippen molar-refractivity contribution < 1.29 is 8.42 Å². The predicted octanol–water partition coefficient (Wildman–Crippen LogP) is -0.269. The van der Waals surface area contributed by atoms with Crippen LogP contribution in [-0.2, 0) is 10.0 Å². The average molecular weight is 483 g/mol. The summed E-state index contributed by atoms with van der Waals surface area (Å²) in [7, 11) is -1.37. The predicted molar refractivity (Wildman–Crippen MR) is 110 cm³/mol. The lowest BCUT2D eigenvalue weighted by Gasteiger charge is -2.36. The number of hydrogen-bond donors (Lipinski definition) is 2. The van der Waals surface area contributed by atoms with Crippen LogP contribution in [0.3, 0.4) is 0 Å². The largest absolute Gasteiger partial charge is 0.356 e. The van der Waals surface area contributed by atoms with Crippen LogP contribution in [0.2, 0.25) is 0 Å². The number of piperazine rings is 1. The van der Waals surface area contributed by atoms with Crippen molar-refractivity contribution in [1.29, 1.82) is 0 Å². The third kappa shape index (κ3) is 7.69. The maximum Gasteiger partial charge on any atom is 0.225 e. The van der Waals surface area contributed by atoms with Gasteiger partial charge < -0.3 is 15.1 Å². The van der Waals surface area contributed by atoms with Gasteiger partial charge in [-0.3, -0.25) is 4.99 Å². The smallest absolute Gasteiger partial charge is 0.225 e. The van der Waals surface area contributed by atoms with Gasteiger partial charge in [-0.15, -0.1) is 24.0 Å². The molecule has 1 fully saturated rings. The van der Waals surface area contributed by atoms with Gasteiger partial charge in [0.05, 0.1) is 6.26 Å². The standard InChI is InChI=1S/C14H25N7O2S.HI/c1-15-13(16-7-4-8-19-24(2,22)23)20-9-11-21(12-10-20)14-17-5-3-6-18-14;/h3,5-6,19H,4,7-12H2,1-2H3,(H,15,16);1H. The van der Waals surface area contributed by atoms with E-state index < -0.39 is 10.0 Å². The first-order valence-electron chi connectivity index (χ1n) is 7.92. The summed E-state index contributed by atoms with van der Waals surface area (Å²) in [5.74, 6) is 1.59. The normalized spacial score (nSPS) is 15.7. The molecule has 0 atom stereocenters. The Morgan fingerprint density at radius 3 is 2.40 bits per heavy atom. The van der Waals surface area contributed by atoms with E-state index in [-0.39, 0.29) is 24.0 Å². The zero-order chi connectivity index (χ0) is 17.4. The highest BCUT2D eigenvalue weighted by Gasteiger charge is 2.20. The van der Waals surface area contributed by atoms with Crippen molar-refractivity contribution in [1.82, 2.24) is 24.9 Å². The first kappa shape index (κ1) is 21.8. The number of halogens is 1. The van der Waals surface area contributed by atoms with Crippen LogP contribution >= 0.6 is 24.0 Å². The van der Waals surface area contributed by atoms with Crippen molar-refractivity contribution >= 4 is 45.9 Å². The maximum absolute atomic E-state index is 11.0. The highest BCUT2D eigenvalue weighted by atomic mass is 127. The molecule has 0 aromatic carbocycles. The molecule has 0 saturated carbocycles. The Morgan fingerprint density at radius 1 is 1.20 bits per heavy atom. The van der Waals surface area contributed by atoms with E-state index in [4.69, 9.17) is 0 Å². The quantitative estimate of drug-likeness (QED) is 0.249. The van der Waals surface area contributed by atoms with Gasteiger partial charge >= 0.3 is 0 Å². The van der Waals surface area contributed by atoms with E-state index in [1.165, 1.54) is 0 Å². The molecule has 0 spiro atoms. The van der Waals surface area contributed by atoms with Crippen molar-refractivity contribution in [3.8, 4) is 0 Å². The Kier molecular flexibility index (Phi) is 9.35. The van der Waals surface area contributed by atoms with E-state index in [9.17, 15) is 8.42 Å². The fourth-order valence-electron chi connectivity index (χ4n) is 2.45. The topological polar surface area (TPSA) is 103 Å². The minimum absolute atomic E-state index is 0. The minimum Gasteiger partial charge on any atom is -0.356 e. The molecule has 11 heteroatoms. The van der Waals surface area contributed by atoms with E-state index in [2.05, 4.69) is 34.8 Å². The lowest BCUT2D eigenvalue weighted by atomic mass is 10.3. The van der Waals surface area contributed by atoms with Crippen LogP contribution in [0.4, 0.5) is 5.95 Å². The molecule has 2 rings (SSSR count). The first-order chi connectivity index (χ1) is 11.5. The molecule has 0 aliphatic carbocycles. The van der Waals surface area contributed by atoms with Crippen molar-refractivity contribution in [3.05, 3.63) is 18.5 Å². The number of aromatic nitrogens is 2. The lowest BCUT2D eigenvalue weighted by molar-refractivity contribution is 0.370. The Balaban J connectivity index is 0.00000312. The van der Waals surface area contributed by atoms with Crippen molar-refractivity contribution in [2.45, 2.75) is 6.42 Å². The summed E-state index contributed by atoms with van der Waals surface area (Å²) in [6.07, 6.45) is 5.36. The van der Waals surface area contributed by atoms with Gasteiger partial charge in [-0.05, 0) is 12.5 Å². The summed E-state index contributed by atoms with van der Waals surface area (Å²) in [6.45, 7) is 4.42. The van der Waals surface area contributed by atoms with Gasteiger partial charge in [0.25, 0.3) is 0 Å². The lowest BCUT2D eigenvalue weighted by Crippen LogP contribution is -2.53. The highest BCUT2D eigenvalue weighted by molar-refractivity contribution is 14.0. The molecule has 0 radical (unpaired) electrons. The molecule has 9 nitrogen and oxygen atoms in total. The number of hydrogen-bond acceptors (Lipinski definition) is 6. The number of sulfonamides is 1. The number of rotatable bonds is 6. The van der Waals surface area contributed by atoms with Crippen LogP contribution in [0.15, 0.2) is 23.5 Å². The average Bonchev–Trinajstić information content (AvgIpc) is 2.58. The second-order valence-corrected chi connectivity index (χ2v) is 7.35. The van der Waals surface area contributed by atoms with Gasteiger partial charge in [-0.25, -0.2) is 23.1 Å². The molecule has 1 aliphatic rings. The van der Waals surface area contributed by atoms with Crippen LogP contribution < -0.4 is 14.9 Å². The first-order valence-corrected chi connectivity index (χ1v) is 9.81. The van der Waals surface area contributed by atoms with Crippen LogP contribution in [0.5, 0.6) is 0 Å². The van der Waals surface area contributed by atoms with E-state index in [1.54, 1.807) is 19.4 Å². The molecular weight excluding hydrogens is 457 g/mol. The second-order valence-electron chi connectivity index (χ2n) is 5.52. The number of nitrogens with zero attached hydrogens (tertiary/aromatic N) is 5. The highest BCUT2D eigenvalue weighted by Crippen LogP contribution is 2.09. The van der Waals surface area contributed by atoms with Crippen molar-refractivity contribution in [2.24, 2.45) is 4.99 Å². The number of anilines is 1. The van der Waals surface area contributed by atoms with Crippen molar-refractivity contribution in [3.63, 3.8) is 0 Å². The SMILES string of the molecule is CN=C(NCCCNS(C)(=O)=O)N1CCN(c2ncccn2)CC1.I. The number of aliphatic imine (C=N–C) groups is 1. The summed E-state index contributed by atoms with van der Waals surface area (Å²) < 4.78 is 24.5. The summed E-state index contributed by atoms with van der Waals surface area (Å²) >= 11 is 0. The fourth-order valence-corrected chi connectivity index (χ4v) is 2.97. The molecule has 2 N–H and O–H groups in total. The molecule has 1 aromatic heterocycles. The molecular formula is C14H26IN7O2S. The Labute approximate surface area is 166 Å². The third-order valence-corrected chi connectivity index (χ3v) is 4.36. The van der Waals surface area contributed by atoms with Crippen LogP contribution in [0, 0.1) is 0 Å². The van der Waals surface area contributed by atoms with E-state index in [0.29, 0.717) is 19.5 Å². The van der Waals surface area contributed by atoms with Crippen LogP contribution in [0.1, 0.15) is 6.42 Å². The van der Waals surface area contributed by atoms with Gasteiger partial charge in [-0.2, -0.15) is 0 Å². The number of guanidine groups is 1. The molecule has 25 heavy (non-hydrogen) atoms. The van der Waals surface area contributed by atoms with E-state index >= 15 is 0 Å². The minimum atomic E-state index is -3.12. The number of nitrogens with one attached hydrogen (secondary N) is 2. The summed E-state index contributed by atoms with van der Waals surface area (Å²) in [5.41, 5.74) is 0. The van der Waals surface area contributed by atoms with Gasteiger partial charge in [-0.1, -0.05) is 0 Å². The maximum atomic E-state index is 11.0. The molecule has 1 aliphatic heterocycles. The van der Waals surface area contributed by atoms with E-state index in [1.807, 2.05) is 6.07 Å². The van der Waals surface area contributed by atoms with Crippen molar-refractivity contribution in [2.75, 3.05) is 57.5 Å². The molecule has 1 aromatic rings. The Bertz CT molecular complexity index is 634. The molecule has 142 valence electrons. The summed E-state index contributed by atoms with van der Waals surface area (Å²) in [6, 6.07) is 1.81. The van der Waals surface area contributed by atoms with Crippen LogP contribution in [-0.4, -0.2) is 81.8 Å². The molecule has 0 amide bonds. The molecule has 0 bridgehead atoms. The zero-order valence-electron chi connectivity index (χ0n) is 14.6. The van der Waals surface area contributed by atoms with Gasteiger partial charge in [0.1, 0.15) is 0 Å². The third-order valence-electron chi connectivity index (χ3n) is 3.63. The summed E-state index contributed by atoms with van der Waals surface area (Å²) in [4.78, 5) is 17.2. The van der Waals surface area contributed by atoms with E-state index in [0.717, 1.165) is 44.3 Å².